The number of carbonyl (C=O) groups excluding carboxylic acids is 2. The number of hydrogen-bond donors (Lipinski definition) is 0. The van der Waals surface area contributed by atoms with Crippen LogP contribution in [0.4, 0.5) is 0 Å². The van der Waals surface area contributed by atoms with Crippen LogP contribution in [0.5, 0.6) is 0 Å². The number of hydrogen-bond acceptors (Lipinski definition) is 2. The Morgan fingerprint density at radius 2 is 1.77 bits per heavy atom. The third-order valence-corrected chi connectivity index (χ3v) is 2.47. The van der Waals surface area contributed by atoms with Crippen LogP contribution in [-0.2, 0) is 0 Å². The van der Waals surface area contributed by atoms with Crippen LogP contribution in [0.15, 0.2) is 18.2 Å². The first-order chi connectivity index (χ1) is 6.11. The second-order valence-electron chi connectivity index (χ2n) is 2.97. The number of rotatable bonds is 0. The molecule has 3 nitrogen and oxygen atoms in total. The number of imide groups is 1. The predicted molar refractivity (Wildman–Crippen MR) is 52.2 cm³/mol. The molecule has 1 aromatic rings. The first-order valence-corrected chi connectivity index (χ1v) is 4.41. The summed E-state index contributed by atoms with van der Waals surface area (Å²) in [5.41, 5.74) is 0.999. The molecule has 1 aliphatic heterocycles. The zero-order valence-electron chi connectivity index (χ0n) is 7.07. The zero-order chi connectivity index (χ0) is 9.59. The first-order valence-electron chi connectivity index (χ1n) is 3.83. The molecule has 1 aromatic carbocycles. The fourth-order valence-electron chi connectivity index (χ4n) is 1.38. The minimum absolute atomic E-state index is 0.218. The van der Waals surface area contributed by atoms with E-state index in [9.17, 15) is 9.59 Å². The Balaban J connectivity index is 2.67. The normalized spacial score (nSPS) is 15.1. The highest BCUT2D eigenvalue weighted by Gasteiger charge is 2.32. The van der Waals surface area contributed by atoms with Crippen LogP contribution in [-0.4, -0.2) is 23.8 Å². The molecule has 0 radical (unpaired) electrons. The average Bonchev–Trinajstić information content (AvgIpc) is 2.32. The van der Waals surface area contributed by atoms with Crippen LogP contribution in [0.25, 0.3) is 0 Å². The molecule has 4 heteroatoms. The van der Waals surface area contributed by atoms with Crippen LogP contribution in [0.1, 0.15) is 20.7 Å². The van der Waals surface area contributed by atoms with Crippen LogP contribution in [0.2, 0.25) is 0 Å². The van der Waals surface area contributed by atoms with Crippen molar-refractivity contribution in [2.75, 3.05) is 7.05 Å². The monoisotopic (exact) mass is 193 g/mol. The lowest BCUT2D eigenvalue weighted by Gasteiger charge is -2.02. The van der Waals surface area contributed by atoms with Crippen molar-refractivity contribution in [3.05, 3.63) is 29.3 Å². The van der Waals surface area contributed by atoms with Crippen LogP contribution >= 0.6 is 9.24 Å². The molecule has 1 atom stereocenters. The van der Waals surface area contributed by atoms with Gasteiger partial charge in [0, 0.05) is 7.05 Å². The minimum Gasteiger partial charge on any atom is -0.277 e. The largest absolute Gasteiger partial charge is 0.277 e. The molecule has 0 saturated heterocycles. The van der Waals surface area contributed by atoms with Gasteiger partial charge in [0.2, 0.25) is 0 Å². The van der Waals surface area contributed by atoms with Crippen molar-refractivity contribution in [2.45, 2.75) is 0 Å². The van der Waals surface area contributed by atoms with Gasteiger partial charge in [-0.05, 0) is 17.4 Å². The summed E-state index contributed by atoms with van der Waals surface area (Å²) in [7, 11) is 3.99. The van der Waals surface area contributed by atoms with Gasteiger partial charge < -0.3 is 0 Å². The Kier molecular flexibility index (Phi) is 1.70. The lowest BCUT2D eigenvalue weighted by molar-refractivity contribution is 0.0693. The molecule has 66 valence electrons. The molecular formula is C9H8NO2P. The summed E-state index contributed by atoms with van der Waals surface area (Å²) in [5, 5.41) is 0.912. The molecule has 0 aliphatic carbocycles. The third-order valence-electron chi connectivity index (χ3n) is 2.11. The zero-order valence-corrected chi connectivity index (χ0v) is 8.23. The van der Waals surface area contributed by atoms with Gasteiger partial charge in [0.15, 0.2) is 0 Å². The molecule has 1 aliphatic rings. The second-order valence-corrected chi connectivity index (χ2v) is 3.64. The summed E-state index contributed by atoms with van der Waals surface area (Å²) in [6.45, 7) is 0. The van der Waals surface area contributed by atoms with Crippen molar-refractivity contribution in [1.82, 2.24) is 4.90 Å². The third kappa shape index (κ3) is 1.08. The Labute approximate surface area is 77.9 Å². The van der Waals surface area contributed by atoms with E-state index in [1.165, 1.54) is 7.05 Å². The number of amides is 2. The molecular weight excluding hydrogens is 185 g/mol. The molecule has 0 spiro atoms. The maximum absolute atomic E-state index is 11.5. The van der Waals surface area contributed by atoms with Crippen LogP contribution < -0.4 is 5.30 Å². The van der Waals surface area contributed by atoms with Crippen molar-refractivity contribution < 1.29 is 9.59 Å². The van der Waals surface area contributed by atoms with E-state index in [1.54, 1.807) is 18.2 Å². The van der Waals surface area contributed by atoms with E-state index in [0.29, 0.717) is 11.1 Å². The lowest BCUT2D eigenvalue weighted by Crippen LogP contribution is -2.24. The molecule has 0 saturated carbocycles. The highest BCUT2D eigenvalue weighted by molar-refractivity contribution is 7.27. The van der Waals surface area contributed by atoms with E-state index in [-0.39, 0.29) is 11.8 Å². The summed E-state index contributed by atoms with van der Waals surface area (Å²) in [6.07, 6.45) is 0. The summed E-state index contributed by atoms with van der Waals surface area (Å²) >= 11 is 0. The second kappa shape index (κ2) is 2.64. The van der Waals surface area contributed by atoms with Crippen molar-refractivity contribution >= 4 is 26.4 Å². The van der Waals surface area contributed by atoms with E-state index in [2.05, 4.69) is 9.24 Å². The smallest absolute Gasteiger partial charge is 0.261 e. The standard InChI is InChI=1S/C9H8NO2P/c1-10-8(11)6-3-2-5(13)4-7(6)9(10)12/h2-4H,13H2,1H3. The SMILES string of the molecule is CN1C(=O)c2ccc(P)cc2C1=O. The molecule has 0 fully saturated rings. The van der Waals surface area contributed by atoms with E-state index >= 15 is 0 Å². The predicted octanol–water partition coefficient (Wildman–Crippen LogP) is 0.413. The molecule has 2 rings (SSSR count). The van der Waals surface area contributed by atoms with Gasteiger partial charge in [0.25, 0.3) is 11.8 Å². The van der Waals surface area contributed by atoms with E-state index in [4.69, 9.17) is 0 Å². The van der Waals surface area contributed by atoms with E-state index in [1.807, 2.05) is 0 Å². The Bertz CT molecular complexity index is 414. The summed E-state index contributed by atoms with van der Waals surface area (Å²) in [5.74, 6) is -0.436. The van der Waals surface area contributed by atoms with Crippen molar-refractivity contribution in [3.63, 3.8) is 0 Å². The van der Waals surface area contributed by atoms with Gasteiger partial charge in [-0.15, -0.1) is 9.24 Å². The number of nitrogens with zero attached hydrogens (tertiary/aromatic N) is 1. The maximum atomic E-state index is 11.5. The maximum Gasteiger partial charge on any atom is 0.261 e. The number of fused-ring (bicyclic) bond motifs is 1. The molecule has 0 aromatic heterocycles. The van der Waals surface area contributed by atoms with Gasteiger partial charge in [-0.2, -0.15) is 0 Å². The van der Waals surface area contributed by atoms with Gasteiger partial charge >= 0.3 is 0 Å². The van der Waals surface area contributed by atoms with E-state index < -0.39 is 0 Å². The summed E-state index contributed by atoms with van der Waals surface area (Å²) < 4.78 is 0. The van der Waals surface area contributed by atoms with Gasteiger partial charge in [-0.25, -0.2) is 0 Å². The van der Waals surface area contributed by atoms with Gasteiger partial charge in [0.1, 0.15) is 0 Å². The average molecular weight is 193 g/mol. The van der Waals surface area contributed by atoms with E-state index in [0.717, 1.165) is 10.2 Å². The van der Waals surface area contributed by atoms with Crippen LogP contribution in [0, 0.1) is 0 Å². The molecule has 2 amide bonds. The van der Waals surface area contributed by atoms with Crippen LogP contribution in [0.3, 0.4) is 0 Å². The highest BCUT2D eigenvalue weighted by Crippen LogP contribution is 2.20. The Morgan fingerprint density at radius 3 is 2.46 bits per heavy atom. The number of carbonyl (C=O) groups is 2. The number of benzene rings is 1. The first kappa shape index (κ1) is 8.39. The Hall–Kier alpha value is -1.21. The molecule has 1 unspecified atom stereocenters. The highest BCUT2D eigenvalue weighted by atomic mass is 31.0. The van der Waals surface area contributed by atoms with Crippen molar-refractivity contribution in [3.8, 4) is 0 Å². The fourth-order valence-corrected chi connectivity index (χ4v) is 1.64. The van der Waals surface area contributed by atoms with Gasteiger partial charge in [-0.1, -0.05) is 6.07 Å². The molecule has 0 bridgehead atoms. The molecule has 0 N–H and O–H groups in total. The lowest BCUT2D eigenvalue weighted by atomic mass is 10.1. The Morgan fingerprint density at radius 1 is 1.15 bits per heavy atom. The minimum atomic E-state index is -0.218. The summed E-state index contributed by atoms with van der Waals surface area (Å²) in [4.78, 5) is 24.0. The quantitative estimate of drug-likeness (QED) is 0.442. The summed E-state index contributed by atoms with van der Waals surface area (Å²) in [6, 6.07) is 5.19. The molecule has 1 heterocycles. The fraction of sp³-hybridized carbons (Fsp3) is 0.111. The molecule has 13 heavy (non-hydrogen) atoms. The van der Waals surface area contributed by atoms with Crippen molar-refractivity contribution in [2.24, 2.45) is 0 Å². The topological polar surface area (TPSA) is 37.4 Å². The van der Waals surface area contributed by atoms with Gasteiger partial charge in [-0.3, -0.25) is 14.5 Å². The van der Waals surface area contributed by atoms with Gasteiger partial charge in [0.05, 0.1) is 11.1 Å². The van der Waals surface area contributed by atoms with Crippen molar-refractivity contribution in [1.29, 1.82) is 0 Å².